The van der Waals surface area contributed by atoms with Gasteiger partial charge in [0.1, 0.15) is 0 Å². The molecule has 0 aliphatic heterocycles. The number of rotatable bonds is 4. The van der Waals surface area contributed by atoms with Crippen molar-refractivity contribution in [2.24, 2.45) is 11.7 Å². The summed E-state index contributed by atoms with van der Waals surface area (Å²) in [4.78, 5) is 4.08. The minimum Gasteiger partial charge on any atom is -0.325 e. The van der Waals surface area contributed by atoms with E-state index in [9.17, 15) is 0 Å². The molecule has 2 unspecified atom stereocenters. The van der Waals surface area contributed by atoms with E-state index in [0.29, 0.717) is 0 Å². The van der Waals surface area contributed by atoms with Crippen molar-refractivity contribution in [1.29, 1.82) is 0 Å². The molecule has 100 valence electrons. The Hall–Kier alpha value is -0.890. The summed E-state index contributed by atoms with van der Waals surface area (Å²) in [6, 6.07) is 4.20. The van der Waals surface area contributed by atoms with Crippen LogP contribution in [-0.4, -0.2) is 10.5 Å². The highest BCUT2D eigenvalue weighted by molar-refractivity contribution is 5.14. The fourth-order valence-electron chi connectivity index (χ4n) is 3.28. The summed E-state index contributed by atoms with van der Waals surface area (Å²) >= 11 is 0. The zero-order valence-electron chi connectivity index (χ0n) is 11.6. The molecule has 1 aromatic heterocycles. The van der Waals surface area contributed by atoms with Gasteiger partial charge >= 0.3 is 0 Å². The third-order valence-electron chi connectivity index (χ3n) is 4.34. The van der Waals surface area contributed by atoms with Gasteiger partial charge in [0.2, 0.25) is 0 Å². The SMILES string of the molecule is CCCC1CCCC(N)(Cc2ccncc2)CC1. The minimum atomic E-state index is 0.0177. The summed E-state index contributed by atoms with van der Waals surface area (Å²) in [6.07, 6.45) is 13.8. The molecule has 0 radical (unpaired) electrons. The summed E-state index contributed by atoms with van der Waals surface area (Å²) in [5.74, 6) is 0.915. The second-order valence-electron chi connectivity index (χ2n) is 5.98. The molecule has 2 atom stereocenters. The van der Waals surface area contributed by atoms with Gasteiger partial charge in [-0.3, -0.25) is 4.98 Å². The van der Waals surface area contributed by atoms with Crippen LogP contribution in [0, 0.1) is 5.92 Å². The Morgan fingerprint density at radius 2 is 2.06 bits per heavy atom. The van der Waals surface area contributed by atoms with Gasteiger partial charge in [-0.15, -0.1) is 0 Å². The molecule has 2 nitrogen and oxygen atoms in total. The Morgan fingerprint density at radius 1 is 1.28 bits per heavy atom. The third kappa shape index (κ3) is 3.81. The van der Waals surface area contributed by atoms with Crippen molar-refractivity contribution in [2.45, 2.75) is 63.8 Å². The van der Waals surface area contributed by atoms with E-state index < -0.39 is 0 Å². The smallest absolute Gasteiger partial charge is 0.0270 e. The van der Waals surface area contributed by atoms with Gasteiger partial charge in [-0.1, -0.05) is 32.6 Å². The predicted octanol–water partition coefficient (Wildman–Crippen LogP) is 3.70. The van der Waals surface area contributed by atoms with Crippen molar-refractivity contribution < 1.29 is 0 Å². The summed E-state index contributed by atoms with van der Waals surface area (Å²) in [6.45, 7) is 2.29. The maximum Gasteiger partial charge on any atom is 0.0270 e. The molecule has 1 saturated carbocycles. The van der Waals surface area contributed by atoms with E-state index in [1.165, 1.54) is 50.5 Å². The molecule has 1 heterocycles. The molecule has 0 aromatic carbocycles. The van der Waals surface area contributed by atoms with Gasteiger partial charge in [-0.2, -0.15) is 0 Å². The molecule has 1 aliphatic carbocycles. The second-order valence-corrected chi connectivity index (χ2v) is 5.98. The number of hydrogen-bond acceptors (Lipinski definition) is 2. The predicted molar refractivity (Wildman–Crippen MR) is 76.3 cm³/mol. The number of aromatic nitrogens is 1. The number of hydrogen-bond donors (Lipinski definition) is 1. The number of nitrogens with two attached hydrogens (primary N) is 1. The van der Waals surface area contributed by atoms with Gasteiger partial charge in [-0.05, 0) is 49.3 Å². The normalized spacial score (nSPS) is 28.9. The molecule has 0 saturated heterocycles. The van der Waals surface area contributed by atoms with E-state index in [0.717, 1.165) is 12.3 Å². The van der Waals surface area contributed by atoms with Gasteiger partial charge in [0.05, 0.1) is 0 Å². The van der Waals surface area contributed by atoms with Crippen LogP contribution < -0.4 is 5.73 Å². The molecule has 0 spiro atoms. The fourth-order valence-corrected chi connectivity index (χ4v) is 3.28. The molecule has 2 heteroatoms. The van der Waals surface area contributed by atoms with Crippen molar-refractivity contribution in [3.05, 3.63) is 30.1 Å². The van der Waals surface area contributed by atoms with Crippen molar-refractivity contribution in [2.75, 3.05) is 0 Å². The van der Waals surface area contributed by atoms with Gasteiger partial charge in [0, 0.05) is 17.9 Å². The quantitative estimate of drug-likeness (QED) is 0.823. The second kappa shape index (κ2) is 6.33. The molecule has 2 N–H and O–H groups in total. The molecule has 2 rings (SSSR count). The first kappa shape index (κ1) is 13.5. The zero-order valence-corrected chi connectivity index (χ0v) is 11.6. The van der Waals surface area contributed by atoms with Crippen LogP contribution in [0.4, 0.5) is 0 Å². The van der Waals surface area contributed by atoms with Crippen LogP contribution in [0.15, 0.2) is 24.5 Å². The maximum absolute atomic E-state index is 6.63. The monoisotopic (exact) mass is 246 g/mol. The first-order valence-corrected chi connectivity index (χ1v) is 7.40. The van der Waals surface area contributed by atoms with E-state index in [4.69, 9.17) is 5.73 Å². The fraction of sp³-hybridized carbons (Fsp3) is 0.688. The Kier molecular flexibility index (Phi) is 4.76. The van der Waals surface area contributed by atoms with E-state index in [1.54, 1.807) is 0 Å². The summed E-state index contributed by atoms with van der Waals surface area (Å²) in [7, 11) is 0. The maximum atomic E-state index is 6.63. The molecular weight excluding hydrogens is 220 g/mol. The highest BCUT2D eigenvalue weighted by Gasteiger charge is 2.29. The summed E-state index contributed by atoms with van der Waals surface area (Å²) in [5, 5.41) is 0. The average Bonchev–Trinajstić information content (AvgIpc) is 2.54. The Morgan fingerprint density at radius 3 is 2.78 bits per heavy atom. The van der Waals surface area contributed by atoms with E-state index in [2.05, 4.69) is 24.0 Å². The first-order chi connectivity index (χ1) is 8.72. The van der Waals surface area contributed by atoms with Crippen LogP contribution >= 0.6 is 0 Å². The molecule has 0 amide bonds. The van der Waals surface area contributed by atoms with Crippen LogP contribution in [0.1, 0.15) is 57.4 Å². The minimum absolute atomic E-state index is 0.0177. The Labute approximate surface area is 111 Å². The lowest BCUT2D eigenvalue weighted by Crippen LogP contribution is -2.41. The van der Waals surface area contributed by atoms with Crippen LogP contribution in [0.25, 0.3) is 0 Å². The van der Waals surface area contributed by atoms with Crippen LogP contribution in [0.3, 0.4) is 0 Å². The summed E-state index contributed by atoms with van der Waals surface area (Å²) in [5.41, 5.74) is 7.98. The lowest BCUT2D eigenvalue weighted by atomic mass is 9.84. The van der Waals surface area contributed by atoms with E-state index in [-0.39, 0.29) is 5.54 Å². The highest BCUT2D eigenvalue weighted by Crippen LogP contribution is 2.33. The molecule has 1 fully saturated rings. The highest BCUT2D eigenvalue weighted by atomic mass is 14.7. The standard InChI is InChI=1S/C16H26N2/c1-2-4-14-5-3-9-16(17,10-6-14)13-15-7-11-18-12-8-15/h7-8,11-12,14H,2-6,9-10,13,17H2,1H3. The average molecular weight is 246 g/mol. The molecular formula is C16H26N2. The zero-order chi connectivity index (χ0) is 12.8. The lowest BCUT2D eigenvalue weighted by Gasteiger charge is -2.28. The largest absolute Gasteiger partial charge is 0.325 e. The lowest BCUT2D eigenvalue weighted by molar-refractivity contribution is 0.355. The summed E-state index contributed by atoms with van der Waals surface area (Å²) < 4.78 is 0. The van der Waals surface area contributed by atoms with Gasteiger partial charge in [-0.25, -0.2) is 0 Å². The van der Waals surface area contributed by atoms with Crippen LogP contribution in [0.2, 0.25) is 0 Å². The molecule has 0 bridgehead atoms. The molecule has 18 heavy (non-hydrogen) atoms. The van der Waals surface area contributed by atoms with E-state index >= 15 is 0 Å². The van der Waals surface area contributed by atoms with Crippen molar-refractivity contribution >= 4 is 0 Å². The van der Waals surface area contributed by atoms with Gasteiger partial charge in [0.15, 0.2) is 0 Å². The number of pyridine rings is 1. The third-order valence-corrected chi connectivity index (χ3v) is 4.34. The van der Waals surface area contributed by atoms with Crippen LogP contribution in [-0.2, 0) is 6.42 Å². The number of nitrogens with zero attached hydrogens (tertiary/aromatic N) is 1. The molecule has 1 aromatic rings. The van der Waals surface area contributed by atoms with Crippen LogP contribution in [0.5, 0.6) is 0 Å². The molecule has 1 aliphatic rings. The topological polar surface area (TPSA) is 38.9 Å². The Bertz CT molecular complexity index is 349. The van der Waals surface area contributed by atoms with Crippen molar-refractivity contribution in [3.8, 4) is 0 Å². The van der Waals surface area contributed by atoms with Crippen molar-refractivity contribution in [3.63, 3.8) is 0 Å². The van der Waals surface area contributed by atoms with Crippen molar-refractivity contribution in [1.82, 2.24) is 4.98 Å². The van der Waals surface area contributed by atoms with E-state index in [1.807, 2.05) is 12.4 Å². The first-order valence-electron chi connectivity index (χ1n) is 7.40. The van der Waals surface area contributed by atoms with Gasteiger partial charge < -0.3 is 5.73 Å². The Balaban J connectivity index is 1.95. The van der Waals surface area contributed by atoms with Gasteiger partial charge in [0.25, 0.3) is 0 Å².